The molecule has 4 heteroatoms. The maximum absolute atomic E-state index is 13.0. The molecule has 1 aliphatic rings. The van der Waals surface area contributed by atoms with Crippen LogP contribution in [0.1, 0.15) is 20.8 Å². The van der Waals surface area contributed by atoms with Crippen molar-refractivity contribution in [1.29, 1.82) is 5.26 Å². The van der Waals surface area contributed by atoms with Crippen LogP contribution in [0.3, 0.4) is 0 Å². The molecule has 1 saturated heterocycles. The van der Waals surface area contributed by atoms with Crippen LogP contribution in [0.15, 0.2) is 12.7 Å². The van der Waals surface area contributed by atoms with Crippen molar-refractivity contribution < 1.29 is 8.78 Å². The highest BCUT2D eigenvalue weighted by Crippen LogP contribution is 2.42. The summed E-state index contributed by atoms with van der Waals surface area (Å²) in [6.07, 6.45) is 3.48. The highest BCUT2D eigenvalue weighted by Gasteiger charge is 2.54. The summed E-state index contributed by atoms with van der Waals surface area (Å²) in [6, 6.07) is 0. The average Bonchev–Trinajstić information content (AvgIpc) is 2.23. The number of nitriles is 1. The zero-order valence-electron chi connectivity index (χ0n) is 8.85. The van der Waals surface area contributed by atoms with E-state index in [2.05, 4.69) is 6.58 Å². The van der Waals surface area contributed by atoms with Crippen molar-refractivity contribution in [2.24, 2.45) is 5.41 Å². The van der Waals surface area contributed by atoms with E-state index in [1.807, 2.05) is 6.92 Å². The Labute approximate surface area is 83.8 Å². The molecule has 0 aromatic heterocycles. The normalized spacial score (nSPS) is 21.9. The van der Waals surface area contributed by atoms with Gasteiger partial charge in [0.2, 0.25) is 0 Å². The van der Waals surface area contributed by atoms with E-state index in [-0.39, 0.29) is 6.54 Å². The average molecular weight is 202 g/mol. The minimum Gasteiger partial charge on any atom is -0.304 e. The van der Waals surface area contributed by atoms with Crippen molar-refractivity contribution >= 4 is 0 Å². The predicted molar refractivity (Wildman–Crippen MR) is 51.8 cm³/mol. The standard InChI is InChI=1S/C7H10F2N2.C3H6/c1-6(2)3-11(5-10)4-7(6,8)9;1-3-2/h3-4H2,1-2H3;3H,1H2,2H3. The first-order chi connectivity index (χ1) is 6.30. The van der Waals surface area contributed by atoms with Gasteiger partial charge in [-0.05, 0) is 6.92 Å². The predicted octanol–water partition coefficient (Wildman–Crippen LogP) is 2.64. The lowest BCUT2D eigenvalue weighted by molar-refractivity contribution is -0.0660. The van der Waals surface area contributed by atoms with Crippen molar-refractivity contribution in [3.63, 3.8) is 0 Å². The number of nitrogens with zero attached hydrogens (tertiary/aromatic N) is 2. The van der Waals surface area contributed by atoms with Crippen molar-refractivity contribution in [3.05, 3.63) is 12.7 Å². The van der Waals surface area contributed by atoms with Gasteiger partial charge < -0.3 is 4.90 Å². The minimum atomic E-state index is -2.73. The van der Waals surface area contributed by atoms with Gasteiger partial charge in [0.15, 0.2) is 6.19 Å². The first-order valence-electron chi connectivity index (χ1n) is 4.40. The molecule has 0 spiro atoms. The highest BCUT2D eigenvalue weighted by atomic mass is 19.3. The first-order valence-corrected chi connectivity index (χ1v) is 4.40. The number of hydrogen-bond acceptors (Lipinski definition) is 2. The van der Waals surface area contributed by atoms with E-state index < -0.39 is 17.9 Å². The number of allylic oxidation sites excluding steroid dienone is 1. The Morgan fingerprint density at radius 3 is 2.00 bits per heavy atom. The Kier molecular flexibility index (Phi) is 4.06. The number of alkyl halides is 2. The van der Waals surface area contributed by atoms with Gasteiger partial charge in [0, 0.05) is 12.0 Å². The molecule has 14 heavy (non-hydrogen) atoms. The van der Waals surface area contributed by atoms with Crippen molar-refractivity contribution in [3.8, 4) is 6.19 Å². The topological polar surface area (TPSA) is 27.0 Å². The Bertz CT molecular complexity index is 225. The highest BCUT2D eigenvalue weighted by molar-refractivity contribution is 5.00. The van der Waals surface area contributed by atoms with Gasteiger partial charge >= 0.3 is 0 Å². The van der Waals surface area contributed by atoms with E-state index >= 15 is 0 Å². The van der Waals surface area contributed by atoms with Crippen molar-refractivity contribution in [1.82, 2.24) is 4.90 Å². The van der Waals surface area contributed by atoms with E-state index in [0.717, 1.165) is 4.90 Å². The van der Waals surface area contributed by atoms with Crippen LogP contribution >= 0.6 is 0 Å². The summed E-state index contributed by atoms with van der Waals surface area (Å²) in [6.45, 7) is 7.92. The molecule has 0 unspecified atom stereocenters. The molecule has 0 atom stereocenters. The fourth-order valence-electron chi connectivity index (χ4n) is 1.17. The third kappa shape index (κ3) is 2.69. The van der Waals surface area contributed by atoms with Crippen LogP contribution < -0.4 is 0 Å². The number of hydrogen-bond donors (Lipinski definition) is 0. The minimum absolute atomic E-state index is 0.149. The molecule has 0 N–H and O–H groups in total. The molecule has 1 aliphatic heterocycles. The molecule has 0 aliphatic carbocycles. The van der Waals surface area contributed by atoms with E-state index in [0.29, 0.717) is 0 Å². The van der Waals surface area contributed by atoms with Crippen molar-refractivity contribution in [2.45, 2.75) is 26.7 Å². The van der Waals surface area contributed by atoms with Gasteiger partial charge in [0.25, 0.3) is 5.92 Å². The summed E-state index contributed by atoms with van der Waals surface area (Å²) in [5.74, 6) is -2.73. The third-order valence-electron chi connectivity index (χ3n) is 2.11. The molecule has 80 valence electrons. The zero-order chi connectivity index (χ0) is 11.4. The Morgan fingerprint density at radius 2 is 1.86 bits per heavy atom. The van der Waals surface area contributed by atoms with Gasteiger partial charge in [0.05, 0.1) is 6.54 Å². The Morgan fingerprint density at radius 1 is 1.43 bits per heavy atom. The summed E-state index contributed by atoms with van der Waals surface area (Å²) in [7, 11) is 0. The van der Waals surface area contributed by atoms with Crippen LogP contribution in [-0.4, -0.2) is 23.9 Å². The van der Waals surface area contributed by atoms with Gasteiger partial charge in [-0.2, -0.15) is 5.26 Å². The zero-order valence-corrected chi connectivity index (χ0v) is 8.85. The van der Waals surface area contributed by atoms with Crippen molar-refractivity contribution in [2.75, 3.05) is 13.1 Å². The summed E-state index contributed by atoms with van der Waals surface area (Å²) >= 11 is 0. The van der Waals surface area contributed by atoms with E-state index in [1.54, 1.807) is 12.3 Å². The quantitative estimate of drug-likeness (QED) is 0.446. The fourth-order valence-corrected chi connectivity index (χ4v) is 1.17. The maximum atomic E-state index is 13.0. The van der Waals surface area contributed by atoms with E-state index in [4.69, 9.17) is 5.26 Å². The largest absolute Gasteiger partial charge is 0.304 e. The molecule has 0 radical (unpaired) electrons. The molecule has 0 bridgehead atoms. The smallest absolute Gasteiger partial charge is 0.272 e. The summed E-state index contributed by atoms with van der Waals surface area (Å²) in [5.41, 5.74) is -1.07. The van der Waals surface area contributed by atoms with Gasteiger partial charge in [-0.15, -0.1) is 6.58 Å². The lowest BCUT2D eigenvalue weighted by Gasteiger charge is -2.23. The molecule has 0 saturated carbocycles. The van der Waals surface area contributed by atoms with Gasteiger partial charge in [0.1, 0.15) is 0 Å². The van der Waals surface area contributed by atoms with Gasteiger partial charge in [-0.3, -0.25) is 0 Å². The lowest BCUT2D eigenvalue weighted by Crippen LogP contribution is -2.34. The third-order valence-corrected chi connectivity index (χ3v) is 2.11. The van der Waals surface area contributed by atoms with Crippen LogP contribution in [0.5, 0.6) is 0 Å². The number of likely N-dealkylation sites (tertiary alicyclic amines) is 1. The molecular weight excluding hydrogens is 186 g/mol. The molecule has 1 heterocycles. The number of halogens is 2. The van der Waals surface area contributed by atoms with E-state index in [9.17, 15) is 8.78 Å². The monoisotopic (exact) mass is 202 g/mol. The summed E-state index contributed by atoms with van der Waals surface area (Å²) in [5, 5.41) is 8.37. The second-order valence-corrected chi connectivity index (χ2v) is 3.95. The molecule has 0 aromatic rings. The Balaban J connectivity index is 0.000000500. The summed E-state index contributed by atoms with van der Waals surface area (Å²) in [4.78, 5) is 1.10. The second-order valence-electron chi connectivity index (χ2n) is 3.95. The van der Waals surface area contributed by atoms with Crippen LogP contribution in [0.4, 0.5) is 8.78 Å². The SMILES string of the molecule is C=CC.CC1(C)CN(C#N)CC1(F)F. The Hall–Kier alpha value is -1.11. The van der Waals surface area contributed by atoms with Crippen LogP contribution in [0, 0.1) is 16.9 Å². The second kappa shape index (κ2) is 4.41. The molecule has 0 aromatic carbocycles. The molecule has 0 amide bonds. The van der Waals surface area contributed by atoms with Crippen LogP contribution in [-0.2, 0) is 0 Å². The van der Waals surface area contributed by atoms with Crippen LogP contribution in [0.2, 0.25) is 0 Å². The fraction of sp³-hybridized carbons (Fsp3) is 0.700. The van der Waals surface area contributed by atoms with Gasteiger partial charge in [-0.25, -0.2) is 8.78 Å². The first kappa shape index (κ1) is 12.9. The number of rotatable bonds is 0. The molecule has 1 rings (SSSR count). The maximum Gasteiger partial charge on any atom is 0.272 e. The molecular formula is C10H16F2N2. The summed E-state index contributed by atoms with van der Waals surface area (Å²) < 4.78 is 25.9. The molecule has 2 nitrogen and oxygen atoms in total. The van der Waals surface area contributed by atoms with Crippen LogP contribution in [0.25, 0.3) is 0 Å². The lowest BCUT2D eigenvalue weighted by atomic mass is 9.89. The molecule has 1 fully saturated rings. The van der Waals surface area contributed by atoms with Gasteiger partial charge in [-0.1, -0.05) is 19.9 Å². The van der Waals surface area contributed by atoms with E-state index in [1.165, 1.54) is 13.8 Å².